The molecule has 1 heterocycles. The predicted molar refractivity (Wildman–Crippen MR) is 91.4 cm³/mol. The molecular weight excluding hydrogens is 312 g/mol. The number of hydrogen-bond donors (Lipinski definition) is 1. The summed E-state index contributed by atoms with van der Waals surface area (Å²) in [5.74, 6) is 0.787. The van der Waals surface area contributed by atoms with Crippen LogP contribution in [0.3, 0.4) is 0 Å². The Hall–Kier alpha value is -1.10. The van der Waals surface area contributed by atoms with Gasteiger partial charge in [0.1, 0.15) is 0 Å². The largest absolute Gasteiger partial charge is 0.376 e. The lowest BCUT2D eigenvalue weighted by atomic mass is 9.98. The van der Waals surface area contributed by atoms with Gasteiger partial charge in [0.15, 0.2) is 0 Å². The number of rotatable bonds is 7. The van der Waals surface area contributed by atoms with E-state index in [0.29, 0.717) is 25.1 Å². The average Bonchev–Trinajstić information content (AvgIpc) is 3.35. The highest BCUT2D eigenvalue weighted by Crippen LogP contribution is 2.20. The smallest absolute Gasteiger partial charge is 0.234 e. The van der Waals surface area contributed by atoms with Crippen LogP contribution in [-0.4, -0.2) is 43.1 Å². The van der Waals surface area contributed by atoms with Gasteiger partial charge >= 0.3 is 0 Å². The summed E-state index contributed by atoms with van der Waals surface area (Å²) < 4.78 is 5.84. The minimum absolute atomic E-state index is 0.185. The highest BCUT2D eigenvalue weighted by Gasteiger charge is 2.25. The minimum atomic E-state index is 0.185. The molecule has 1 saturated carbocycles. The van der Waals surface area contributed by atoms with Gasteiger partial charge in [-0.05, 0) is 62.4 Å². The molecule has 0 radical (unpaired) electrons. The van der Waals surface area contributed by atoms with Crippen LogP contribution in [0, 0.1) is 5.92 Å². The zero-order chi connectivity index (χ0) is 16.1. The Balaban J connectivity index is 1.29. The van der Waals surface area contributed by atoms with Crippen molar-refractivity contribution in [2.45, 2.75) is 38.3 Å². The SMILES string of the molecule is O=C(CN1CCC(COCc2ccc(Cl)cc2)CC1)NC1CC1. The number of ether oxygens (including phenoxy) is 1. The number of hydrogen-bond acceptors (Lipinski definition) is 3. The molecule has 1 aromatic carbocycles. The number of amides is 1. The molecule has 1 aromatic rings. The summed E-state index contributed by atoms with van der Waals surface area (Å²) in [5, 5.41) is 3.81. The van der Waals surface area contributed by atoms with E-state index in [2.05, 4.69) is 10.2 Å². The molecule has 0 unspecified atom stereocenters. The summed E-state index contributed by atoms with van der Waals surface area (Å²) in [6.07, 6.45) is 4.52. The van der Waals surface area contributed by atoms with E-state index in [4.69, 9.17) is 16.3 Å². The Bertz CT molecular complexity index is 508. The molecule has 1 aliphatic carbocycles. The first-order valence-corrected chi connectivity index (χ1v) is 8.91. The van der Waals surface area contributed by atoms with E-state index in [1.807, 2.05) is 24.3 Å². The average molecular weight is 337 g/mol. The number of carbonyl (C=O) groups excluding carboxylic acids is 1. The van der Waals surface area contributed by atoms with Crippen molar-refractivity contribution in [2.24, 2.45) is 5.92 Å². The van der Waals surface area contributed by atoms with Crippen molar-refractivity contribution in [3.8, 4) is 0 Å². The number of benzene rings is 1. The fourth-order valence-corrected chi connectivity index (χ4v) is 3.07. The van der Waals surface area contributed by atoms with E-state index in [0.717, 1.165) is 56.0 Å². The monoisotopic (exact) mass is 336 g/mol. The van der Waals surface area contributed by atoms with Gasteiger partial charge in [-0.2, -0.15) is 0 Å². The van der Waals surface area contributed by atoms with Crippen molar-refractivity contribution in [3.05, 3.63) is 34.9 Å². The van der Waals surface area contributed by atoms with Crippen molar-refractivity contribution >= 4 is 17.5 Å². The summed E-state index contributed by atoms with van der Waals surface area (Å²) in [7, 11) is 0. The quantitative estimate of drug-likeness (QED) is 0.832. The molecule has 0 atom stereocenters. The van der Waals surface area contributed by atoms with Crippen LogP contribution in [0.1, 0.15) is 31.2 Å². The topological polar surface area (TPSA) is 41.6 Å². The van der Waals surface area contributed by atoms with Crippen molar-refractivity contribution in [1.82, 2.24) is 10.2 Å². The van der Waals surface area contributed by atoms with Gasteiger partial charge < -0.3 is 10.1 Å². The lowest BCUT2D eigenvalue weighted by Gasteiger charge is -2.31. The molecule has 1 saturated heterocycles. The molecular formula is C18H25ClN2O2. The van der Waals surface area contributed by atoms with Gasteiger partial charge in [-0.1, -0.05) is 23.7 Å². The molecule has 1 amide bonds. The second kappa shape index (κ2) is 8.13. The first-order chi connectivity index (χ1) is 11.2. The highest BCUT2D eigenvalue weighted by atomic mass is 35.5. The zero-order valence-electron chi connectivity index (χ0n) is 13.5. The number of halogens is 1. The molecule has 126 valence electrons. The molecule has 0 bridgehead atoms. The molecule has 3 rings (SSSR count). The Morgan fingerprint density at radius 1 is 1.17 bits per heavy atom. The van der Waals surface area contributed by atoms with Crippen molar-refractivity contribution in [2.75, 3.05) is 26.2 Å². The van der Waals surface area contributed by atoms with Crippen molar-refractivity contribution < 1.29 is 9.53 Å². The lowest BCUT2D eigenvalue weighted by Crippen LogP contribution is -2.42. The third kappa shape index (κ3) is 5.79. The van der Waals surface area contributed by atoms with Crippen LogP contribution in [0.5, 0.6) is 0 Å². The maximum Gasteiger partial charge on any atom is 0.234 e. The third-order valence-electron chi connectivity index (χ3n) is 4.55. The van der Waals surface area contributed by atoms with Crippen LogP contribution in [0.4, 0.5) is 0 Å². The minimum Gasteiger partial charge on any atom is -0.376 e. The second-order valence-electron chi connectivity index (χ2n) is 6.70. The van der Waals surface area contributed by atoms with Crippen LogP contribution in [0.2, 0.25) is 5.02 Å². The van der Waals surface area contributed by atoms with E-state index < -0.39 is 0 Å². The second-order valence-corrected chi connectivity index (χ2v) is 7.14. The van der Waals surface area contributed by atoms with Gasteiger partial charge in [0.05, 0.1) is 13.2 Å². The standard InChI is InChI=1S/C18H25ClN2O2/c19-16-3-1-14(2-4-16)12-23-13-15-7-9-21(10-8-15)11-18(22)20-17-5-6-17/h1-4,15,17H,5-13H2,(H,20,22). The molecule has 0 spiro atoms. The van der Waals surface area contributed by atoms with Gasteiger partial charge in [-0.3, -0.25) is 9.69 Å². The number of carbonyl (C=O) groups is 1. The number of likely N-dealkylation sites (tertiary alicyclic amines) is 1. The maximum absolute atomic E-state index is 11.8. The first kappa shape index (κ1) is 16.7. The van der Waals surface area contributed by atoms with Crippen molar-refractivity contribution in [3.63, 3.8) is 0 Å². The van der Waals surface area contributed by atoms with E-state index in [1.165, 1.54) is 0 Å². The van der Waals surface area contributed by atoms with Crippen molar-refractivity contribution in [1.29, 1.82) is 0 Å². The fourth-order valence-electron chi connectivity index (χ4n) is 2.94. The van der Waals surface area contributed by atoms with Gasteiger partial charge in [0.2, 0.25) is 5.91 Å². The molecule has 0 aromatic heterocycles. The predicted octanol–water partition coefficient (Wildman–Crippen LogP) is 2.85. The van der Waals surface area contributed by atoms with E-state index in [-0.39, 0.29) is 5.91 Å². The summed E-state index contributed by atoms with van der Waals surface area (Å²) in [6, 6.07) is 8.25. The normalized spacial score (nSPS) is 19.7. The number of nitrogens with one attached hydrogen (secondary N) is 1. The Labute approximate surface area is 143 Å². The van der Waals surface area contributed by atoms with Gasteiger partial charge in [0, 0.05) is 17.7 Å². The molecule has 1 N–H and O–H groups in total. The van der Waals surface area contributed by atoms with E-state index in [1.54, 1.807) is 0 Å². The lowest BCUT2D eigenvalue weighted by molar-refractivity contribution is -0.122. The van der Waals surface area contributed by atoms with Crippen LogP contribution in [0.15, 0.2) is 24.3 Å². The molecule has 5 heteroatoms. The maximum atomic E-state index is 11.8. The summed E-state index contributed by atoms with van der Waals surface area (Å²) in [4.78, 5) is 14.1. The number of nitrogens with zero attached hydrogens (tertiary/aromatic N) is 1. The highest BCUT2D eigenvalue weighted by molar-refractivity contribution is 6.30. The summed E-state index contributed by atoms with van der Waals surface area (Å²) in [5.41, 5.74) is 1.16. The van der Waals surface area contributed by atoms with Crippen LogP contribution in [-0.2, 0) is 16.1 Å². The fraction of sp³-hybridized carbons (Fsp3) is 0.611. The van der Waals surface area contributed by atoms with E-state index >= 15 is 0 Å². The Morgan fingerprint density at radius 3 is 2.52 bits per heavy atom. The molecule has 23 heavy (non-hydrogen) atoms. The third-order valence-corrected chi connectivity index (χ3v) is 4.80. The van der Waals surface area contributed by atoms with Crippen LogP contribution >= 0.6 is 11.6 Å². The van der Waals surface area contributed by atoms with Crippen LogP contribution in [0.25, 0.3) is 0 Å². The van der Waals surface area contributed by atoms with Crippen LogP contribution < -0.4 is 5.32 Å². The first-order valence-electron chi connectivity index (χ1n) is 8.53. The van der Waals surface area contributed by atoms with E-state index in [9.17, 15) is 4.79 Å². The molecule has 4 nitrogen and oxygen atoms in total. The zero-order valence-corrected chi connectivity index (χ0v) is 14.2. The van der Waals surface area contributed by atoms with Gasteiger partial charge in [-0.15, -0.1) is 0 Å². The number of piperidine rings is 1. The molecule has 2 fully saturated rings. The molecule has 2 aliphatic rings. The Morgan fingerprint density at radius 2 is 1.87 bits per heavy atom. The summed E-state index contributed by atoms with van der Waals surface area (Å²) >= 11 is 5.87. The van der Waals surface area contributed by atoms with Gasteiger partial charge in [0.25, 0.3) is 0 Å². The molecule has 1 aliphatic heterocycles. The summed E-state index contributed by atoms with van der Waals surface area (Å²) in [6.45, 7) is 3.97. The Kier molecular flexibility index (Phi) is 5.92. The van der Waals surface area contributed by atoms with Gasteiger partial charge in [-0.25, -0.2) is 0 Å².